The summed E-state index contributed by atoms with van der Waals surface area (Å²) in [5, 5.41) is 7.31. The molecule has 12 aromatic rings. The zero-order valence-corrected chi connectivity index (χ0v) is 38.1. The molecule has 0 N–H and O–H groups in total. The molecule has 12 aromatic carbocycles. The number of anilines is 6. The molecular formula is C66H48N2. The van der Waals surface area contributed by atoms with Crippen LogP contribution in [0.1, 0.15) is 11.1 Å². The van der Waals surface area contributed by atoms with Crippen LogP contribution in [0.2, 0.25) is 0 Å². The van der Waals surface area contributed by atoms with Gasteiger partial charge in [0.15, 0.2) is 0 Å². The SMILES string of the molecule is Cc1cccc(-c2ccccc2)c1N(c1ccccc1-c1ccccc1)c1ccc2ccc3c(N(c4ccccc4-c4ccccc4)c4c(C)cccc4-c4ccccc4)ccc4ccc1c2c43. The van der Waals surface area contributed by atoms with Gasteiger partial charge in [-0.2, -0.15) is 0 Å². The lowest BCUT2D eigenvalue weighted by molar-refractivity contribution is 1.26. The van der Waals surface area contributed by atoms with E-state index >= 15 is 0 Å². The van der Waals surface area contributed by atoms with Crippen molar-refractivity contribution in [2.45, 2.75) is 13.8 Å². The van der Waals surface area contributed by atoms with Crippen LogP contribution >= 0.6 is 0 Å². The van der Waals surface area contributed by atoms with E-state index in [2.05, 4.69) is 278 Å². The summed E-state index contributed by atoms with van der Waals surface area (Å²) in [6, 6.07) is 93.2. The van der Waals surface area contributed by atoms with E-state index in [0.717, 1.165) is 34.1 Å². The summed E-state index contributed by atoms with van der Waals surface area (Å²) in [7, 11) is 0. The van der Waals surface area contributed by atoms with Crippen LogP contribution in [0, 0.1) is 13.8 Å². The van der Waals surface area contributed by atoms with Gasteiger partial charge in [-0.3, -0.25) is 0 Å². The van der Waals surface area contributed by atoms with Crippen molar-refractivity contribution < 1.29 is 0 Å². The smallest absolute Gasteiger partial charge is 0.0569 e. The van der Waals surface area contributed by atoms with Crippen LogP contribution in [-0.2, 0) is 0 Å². The number of hydrogen-bond acceptors (Lipinski definition) is 2. The molecule has 0 spiro atoms. The van der Waals surface area contributed by atoms with Crippen molar-refractivity contribution in [1.29, 1.82) is 0 Å². The molecule has 0 aliphatic rings. The number of rotatable bonds is 10. The molecule has 2 nitrogen and oxygen atoms in total. The molecule has 0 bridgehead atoms. The third kappa shape index (κ3) is 6.98. The normalized spacial score (nSPS) is 11.4. The van der Waals surface area contributed by atoms with Crippen molar-refractivity contribution in [1.82, 2.24) is 0 Å². The van der Waals surface area contributed by atoms with E-state index in [1.54, 1.807) is 0 Å². The summed E-state index contributed by atoms with van der Waals surface area (Å²) >= 11 is 0. The minimum Gasteiger partial charge on any atom is -0.308 e. The first-order valence-corrected chi connectivity index (χ1v) is 23.5. The van der Waals surface area contributed by atoms with Crippen molar-refractivity contribution in [2.75, 3.05) is 9.80 Å². The summed E-state index contributed by atoms with van der Waals surface area (Å²) in [5.74, 6) is 0. The number of aryl methyl sites for hydroxylation is 2. The van der Waals surface area contributed by atoms with Crippen molar-refractivity contribution in [3.63, 3.8) is 0 Å². The second-order valence-electron chi connectivity index (χ2n) is 17.7. The molecule has 0 heterocycles. The van der Waals surface area contributed by atoms with E-state index in [1.807, 2.05) is 0 Å². The maximum absolute atomic E-state index is 2.54. The van der Waals surface area contributed by atoms with Crippen molar-refractivity contribution in [2.24, 2.45) is 0 Å². The Morgan fingerprint density at radius 2 is 0.544 bits per heavy atom. The minimum absolute atomic E-state index is 1.12. The first kappa shape index (κ1) is 40.8. The average Bonchev–Trinajstić information content (AvgIpc) is 3.40. The first-order valence-electron chi connectivity index (χ1n) is 23.5. The van der Waals surface area contributed by atoms with Gasteiger partial charge in [0.1, 0.15) is 0 Å². The standard InChI is InChI=1S/C66H48N2/c1-45-21-19-33-55(49-27-11-5-12-28-49)65(45)67(59-35-17-15-31-53(59)47-23-7-3-8-24-47)61-43-39-51-38-42-58-62(44-40-52-37-41-57(61)63(51)64(52)58)68(60-36-18-16-32-54(60)48-25-9-4-10-26-48)66-46(2)22-20-34-56(66)50-29-13-6-14-30-50/h3-44H,1-2H3. The molecule has 0 unspecified atom stereocenters. The fourth-order valence-corrected chi connectivity index (χ4v) is 10.6. The highest BCUT2D eigenvalue weighted by molar-refractivity contribution is 6.28. The molecule has 0 aromatic heterocycles. The predicted octanol–water partition coefficient (Wildman–Crippen LogP) is 18.8. The van der Waals surface area contributed by atoms with Crippen molar-refractivity contribution in [3.8, 4) is 44.5 Å². The van der Waals surface area contributed by atoms with Crippen molar-refractivity contribution >= 4 is 66.4 Å². The summed E-state index contributed by atoms with van der Waals surface area (Å²) in [6.07, 6.45) is 0. The van der Waals surface area contributed by atoms with Gasteiger partial charge >= 0.3 is 0 Å². The molecule has 0 saturated heterocycles. The second-order valence-corrected chi connectivity index (χ2v) is 17.7. The van der Waals surface area contributed by atoms with Crippen LogP contribution in [0.25, 0.3) is 76.8 Å². The fourth-order valence-electron chi connectivity index (χ4n) is 10.6. The molecule has 0 aliphatic carbocycles. The predicted molar refractivity (Wildman–Crippen MR) is 291 cm³/mol. The monoisotopic (exact) mass is 868 g/mol. The van der Waals surface area contributed by atoms with Crippen LogP contribution < -0.4 is 9.80 Å². The molecule has 0 fully saturated rings. The van der Waals surface area contributed by atoms with Crippen LogP contribution in [-0.4, -0.2) is 0 Å². The van der Waals surface area contributed by atoms with E-state index in [0.29, 0.717) is 0 Å². The summed E-state index contributed by atoms with van der Waals surface area (Å²) in [6.45, 7) is 4.50. The molecule has 0 amide bonds. The Balaban J connectivity index is 1.16. The Kier molecular flexibility index (Phi) is 10.3. The maximum atomic E-state index is 2.54. The third-order valence-corrected chi connectivity index (χ3v) is 13.7. The Morgan fingerprint density at radius 3 is 0.926 bits per heavy atom. The summed E-state index contributed by atoms with van der Waals surface area (Å²) in [4.78, 5) is 5.07. The highest BCUT2D eigenvalue weighted by atomic mass is 15.2. The van der Waals surface area contributed by atoms with Gasteiger partial charge in [-0.05, 0) is 93.0 Å². The molecular weight excluding hydrogens is 821 g/mol. The molecule has 0 saturated carbocycles. The molecule has 2 heteroatoms. The van der Waals surface area contributed by atoms with E-state index in [4.69, 9.17) is 0 Å². The quantitative estimate of drug-likeness (QED) is 0.126. The zero-order valence-electron chi connectivity index (χ0n) is 38.1. The van der Waals surface area contributed by atoms with Crippen LogP contribution in [0.15, 0.2) is 255 Å². The van der Waals surface area contributed by atoms with E-state index in [-0.39, 0.29) is 0 Å². The molecule has 0 atom stereocenters. The van der Waals surface area contributed by atoms with Gasteiger partial charge in [0.05, 0.1) is 34.1 Å². The Labute approximate surface area is 398 Å². The number of para-hydroxylation sites is 4. The van der Waals surface area contributed by atoms with Gasteiger partial charge in [0, 0.05) is 33.0 Å². The van der Waals surface area contributed by atoms with Gasteiger partial charge in [-0.25, -0.2) is 0 Å². The molecule has 322 valence electrons. The second kappa shape index (κ2) is 17.3. The van der Waals surface area contributed by atoms with E-state index < -0.39 is 0 Å². The maximum Gasteiger partial charge on any atom is 0.0569 e. The van der Waals surface area contributed by atoms with Gasteiger partial charge in [0.2, 0.25) is 0 Å². The number of benzene rings is 12. The van der Waals surface area contributed by atoms with Gasteiger partial charge in [-0.15, -0.1) is 0 Å². The largest absolute Gasteiger partial charge is 0.308 e. The topological polar surface area (TPSA) is 6.48 Å². The lowest BCUT2D eigenvalue weighted by Crippen LogP contribution is -2.15. The van der Waals surface area contributed by atoms with E-state index in [1.165, 1.54) is 88.0 Å². The number of nitrogens with zero attached hydrogens (tertiary/aromatic N) is 2. The van der Waals surface area contributed by atoms with Gasteiger partial charge in [0.25, 0.3) is 0 Å². The van der Waals surface area contributed by atoms with Crippen molar-refractivity contribution in [3.05, 3.63) is 266 Å². The Bertz CT molecular complexity index is 3500. The van der Waals surface area contributed by atoms with Gasteiger partial charge < -0.3 is 9.80 Å². The average molecular weight is 869 g/mol. The van der Waals surface area contributed by atoms with Gasteiger partial charge in [-0.1, -0.05) is 231 Å². The highest BCUT2D eigenvalue weighted by Gasteiger charge is 2.28. The van der Waals surface area contributed by atoms with Crippen LogP contribution in [0.3, 0.4) is 0 Å². The molecule has 0 radical (unpaired) electrons. The Hall–Kier alpha value is -8.72. The van der Waals surface area contributed by atoms with Crippen LogP contribution in [0.5, 0.6) is 0 Å². The number of hydrogen-bond donors (Lipinski definition) is 0. The molecule has 68 heavy (non-hydrogen) atoms. The lowest BCUT2D eigenvalue weighted by atomic mass is 9.90. The summed E-state index contributed by atoms with van der Waals surface area (Å²) < 4.78 is 0. The third-order valence-electron chi connectivity index (χ3n) is 13.7. The molecule has 12 rings (SSSR count). The molecule has 0 aliphatic heterocycles. The minimum atomic E-state index is 1.12. The first-order chi connectivity index (χ1) is 33.6. The van der Waals surface area contributed by atoms with Crippen LogP contribution in [0.4, 0.5) is 34.1 Å². The summed E-state index contributed by atoms with van der Waals surface area (Å²) in [5.41, 5.74) is 18.6. The highest BCUT2D eigenvalue weighted by Crippen LogP contribution is 2.53. The fraction of sp³-hybridized carbons (Fsp3) is 0.0303. The van der Waals surface area contributed by atoms with E-state index in [9.17, 15) is 0 Å². The zero-order chi connectivity index (χ0) is 45.6. The Morgan fingerprint density at radius 1 is 0.235 bits per heavy atom. The lowest BCUT2D eigenvalue weighted by Gasteiger charge is -2.33.